The lowest BCUT2D eigenvalue weighted by molar-refractivity contribution is -0.167. The molecular formula is C73H130O6. The van der Waals surface area contributed by atoms with Crippen LogP contribution in [0.5, 0.6) is 0 Å². The molecule has 1 unspecified atom stereocenters. The van der Waals surface area contributed by atoms with Crippen LogP contribution in [0.1, 0.15) is 355 Å². The fourth-order valence-corrected chi connectivity index (χ4v) is 10.1. The van der Waals surface area contributed by atoms with E-state index in [0.29, 0.717) is 19.3 Å². The number of carbonyl (C=O) groups excluding carboxylic acids is 3. The van der Waals surface area contributed by atoms with Crippen LogP contribution in [0, 0.1) is 0 Å². The highest BCUT2D eigenvalue weighted by Crippen LogP contribution is 2.18. The van der Waals surface area contributed by atoms with Gasteiger partial charge in [-0.1, -0.05) is 318 Å². The first-order valence-electron chi connectivity index (χ1n) is 34.4. The van der Waals surface area contributed by atoms with Crippen LogP contribution in [-0.4, -0.2) is 37.2 Å². The van der Waals surface area contributed by atoms with Gasteiger partial charge < -0.3 is 14.2 Å². The number of allylic oxidation sites excluding steroid dienone is 12. The number of carbonyl (C=O) groups is 3. The number of ether oxygens (including phenoxy) is 3. The van der Waals surface area contributed by atoms with Crippen LogP contribution >= 0.6 is 0 Å². The summed E-state index contributed by atoms with van der Waals surface area (Å²) in [5, 5.41) is 0. The summed E-state index contributed by atoms with van der Waals surface area (Å²) < 4.78 is 16.8. The topological polar surface area (TPSA) is 78.9 Å². The van der Waals surface area contributed by atoms with Gasteiger partial charge in [-0.25, -0.2) is 0 Å². The average molecular weight is 1100 g/mol. The smallest absolute Gasteiger partial charge is 0.306 e. The van der Waals surface area contributed by atoms with Crippen molar-refractivity contribution in [1.82, 2.24) is 0 Å². The maximum absolute atomic E-state index is 12.8. The minimum absolute atomic E-state index is 0.0752. The van der Waals surface area contributed by atoms with E-state index in [2.05, 4.69) is 93.7 Å². The van der Waals surface area contributed by atoms with Crippen LogP contribution in [0.4, 0.5) is 0 Å². The highest BCUT2D eigenvalue weighted by Gasteiger charge is 2.19. The Morgan fingerprint density at radius 1 is 0.266 bits per heavy atom. The maximum Gasteiger partial charge on any atom is 0.306 e. The summed E-state index contributed by atoms with van der Waals surface area (Å²) in [7, 11) is 0. The first kappa shape index (κ1) is 75.8. The Hall–Kier alpha value is -3.15. The van der Waals surface area contributed by atoms with E-state index in [1.807, 2.05) is 0 Å². The summed E-state index contributed by atoms with van der Waals surface area (Å²) in [5.74, 6) is -0.882. The molecule has 458 valence electrons. The minimum Gasteiger partial charge on any atom is -0.462 e. The summed E-state index contributed by atoms with van der Waals surface area (Å²) in [6.07, 6.45) is 88.5. The van der Waals surface area contributed by atoms with Gasteiger partial charge in [-0.15, -0.1) is 0 Å². The molecule has 0 saturated carbocycles. The molecule has 1 atom stereocenters. The molecule has 0 N–H and O–H groups in total. The molecule has 0 heterocycles. The molecule has 0 aliphatic heterocycles. The summed E-state index contributed by atoms with van der Waals surface area (Å²) in [4.78, 5) is 38.0. The number of unbranched alkanes of at least 4 members (excludes halogenated alkanes) is 40. The van der Waals surface area contributed by atoms with E-state index in [0.717, 1.165) is 103 Å². The van der Waals surface area contributed by atoms with Gasteiger partial charge in [0.2, 0.25) is 0 Å². The fraction of sp³-hybridized carbons (Fsp3) is 0.795. The second-order valence-corrected chi connectivity index (χ2v) is 23.1. The number of esters is 3. The molecule has 0 aliphatic carbocycles. The first-order chi connectivity index (χ1) is 39.0. The lowest BCUT2D eigenvalue weighted by atomic mass is 10.0. The molecule has 0 aromatic heterocycles. The quantitative estimate of drug-likeness (QED) is 0.0261. The van der Waals surface area contributed by atoms with Crippen molar-refractivity contribution in [3.63, 3.8) is 0 Å². The fourth-order valence-electron chi connectivity index (χ4n) is 10.1. The molecule has 0 aliphatic rings. The lowest BCUT2D eigenvalue weighted by Gasteiger charge is -2.18. The van der Waals surface area contributed by atoms with Gasteiger partial charge in [-0.3, -0.25) is 14.4 Å². The molecule has 0 aromatic rings. The van der Waals surface area contributed by atoms with Crippen LogP contribution in [0.25, 0.3) is 0 Å². The largest absolute Gasteiger partial charge is 0.462 e. The van der Waals surface area contributed by atoms with Crippen molar-refractivity contribution in [2.45, 2.75) is 361 Å². The second-order valence-electron chi connectivity index (χ2n) is 23.1. The molecule has 0 saturated heterocycles. The molecule has 79 heavy (non-hydrogen) atoms. The molecule has 0 radical (unpaired) electrons. The van der Waals surface area contributed by atoms with Gasteiger partial charge >= 0.3 is 17.9 Å². The van der Waals surface area contributed by atoms with E-state index in [4.69, 9.17) is 14.2 Å². The highest BCUT2D eigenvalue weighted by atomic mass is 16.6. The summed E-state index contributed by atoms with van der Waals surface area (Å²) in [5.41, 5.74) is 0. The normalized spacial score (nSPS) is 12.5. The second kappa shape index (κ2) is 67.4. The molecule has 0 fully saturated rings. The van der Waals surface area contributed by atoms with E-state index in [1.54, 1.807) is 0 Å². The molecule has 6 nitrogen and oxygen atoms in total. The van der Waals surface area contributed by atoms with Gasteiger partial charge in [0, 0.05) is 19.3 Å². The third-order valence-electron chi connectivity index (χ3n) is 15.2. The van der Waals surface area contributed by atoms with Gasteiger partial charge in [0.15, 0.2) is 6.10 Å². The third kappa shape index (κ3) is 65.5. The zero-order valence-electron chi connectivity index (χ0n) is 52.6. The Labute approximate surface area is 491 Å². The third-order valence-corrected chi connectivity index (χ3v) is 15.2. The van der Waals surface area contributed by atoms with Crippen LogP contribution in [0.15, 0.2) is 72.9 Å². The summed E-state index contributed by atoms with van der Waals surface area (Å²) in [6.45, 7) is 6.47. The average Bonchev–Trinajstić information content (AvgIpc) is 3.45. The van der Waals surface area contributed by atoms with Gasteiger partial charge in [-0.05, 0) is 89.9 Å². The minimum atomic E-state index is -0.775. The molecule has 0 rings (SSSR count). The van der Waals surface area contributed by atoms with Crippen molar-refractivity contribution in [1.29, 1.82) is 0 Å². The van der Waals surface area contributed by atoms with E-state index in [9.17, 15) is 14.4 Å². The Bertz CT molecular complexity index is 1450. The number of rotatable bonds is 63. The lowest BCUT2D eigenvalue weighted by Crippen LogP contribution is -2.30. The molecule has 0 amide bonds. The predicted octanol–water partition coefficient (Wildman–Crippen LogP) is 23.7. The first-order valence-corrected chi connectivity index (χ1v) is 34.4. The molecule has 0 aromatic carbocycles. The number of hydrogen-bond acceptors (Lipinski definition) is 6. The predicted molar refractivity (Wildman–Crippen MR) is 344 cm³/mol. The SMILES string of the molecule is CC/C=C\C/C=C\C/C=C\C/C=C\CCCCCCCCCCC(=O)OC(COC(=O)CCCCCCC)COC(=O)CCCCCCCCCCCCCCCCCCCCCCCCC/C=C\C/C=C\CCCCCCC. The monoisotopic (exact) mass is 1100 g/mol. The Kier molecular flexibility index (Phi) is 64.7. The Balaban J connectivity index is 3.91. The van der Waals surface area contributed by atoms with Crippen LogP contribution in [-0.2, 0) is 28.6 Å². The van der Waals surface area contributed by atoms with E-state index in [1.165, 1.54) is 212 Å². The number of hydrogen-bond donors (Lipinski definition) is 0. The highest BCUT2D eigenvalue weighted by molar-refractivity contribution is 5.71. The van der Waals surface area contributed by atoms with Gasteiger partial charge in [0.25, 0.3) is 0 Å². The van der Waals surface area contributed by atoms with Gasteiger partial charge in [0.1, 0.15) is 13.2 Å². The van der Waals surface area contributed by atoms with E-state index in [-0.39, 0.29) is 31.1 Å². The molecule has 0 bridgehead atoms. The van der Waals surface area contributed by atoms with Gasteiger partial charge in [-0.2, -0.15) is 0 Å². The molecule has 6 heteroatoms. The molecule has 0 spiro atoms. The van der Waals surface area contributed by atoms with E-state index >= 15 is 0 Å². The van der Waals surface area contributed by atoms with Crippen molar-refractivity contribution >= 4 is 17.9 Å². The van der Waals surface area contributed by atoms with Gasteiger partial charge in [0.05, 0.1) is 0 Å². The van der Waals surface area contributed by atoms with Crippen LogP contribution < -0.4 is 0 Å². The van der Waals surface area contributed by atoms with Crippen molar-refractivity contribution in [3.05, 3.63) is 72.9 Å². The zero-order valence-corrected chi connectivity index (χ0v) is 52.6. The van der Waals surface area contributed by atoms with Crippen LogP contribution in [0.3, 0.4) is 0 Å². The zero-order chi connectivity index (χ0) is 57.1. The maximum atomic E-state index is 12.8. The Morgan fingerprint density at radius 3 is 0.772 bits per heavy atom. The van der Waals surface area contributed by atoms with Crippen LogP contribution in [0.2, 0.25) is 0 Å². The van der Waals surface area contributed by atoms with Crippen molar-refractivity contribution in [2.24, 2.45) is 0 Å². The van der Waals surface area contributed by atoms with Crippen molar-refractivity contribution < 1.29 is 28.6 Å². The molecular weight excluding hydrogens is 973 g/mol. The van der Waals surface area contributed by atoms with Crippen molar-refractivity contribution in [2.75, 3.05) is 13.2 Å². The summed E-state index contributed by atoms with van der Waals surface area (Å²) in [6, 6.07) is 0. The Morgan fingerprint density at radius 2 is 0.494 bits per heavy atom. The van der Waals surface area contributed by atoms with Crippen molar-refractivity contribution in [3.8, 4) is 0 Å². The van der Waals surface area contributed by atoms with E-state index < -0.39 is 6.10 Å². The standard InChI is InChI=1S/C73H130O6/c1-4-7-10-13-15-17-19-21-23-25-27-29-30-31-32-33-34-35-36-37-38-39-40-41-42-44-45-47-49-51-53-55-57-60-63-66-72(75)78-69-70(68-77-71(74)65-62-59-12-9-6-3)79-73(76)67-64-61-58-56-54-52-50-48-46-43-28-26-24-22-20-18-16-14-11-8-5-2/h8,11,16,18-19,21-22,24-25,27-28,43,70H,4-7,9-10,12-15,17,20,23,26,29-42,44-69H2,1-3H3/b11-8-,18-16-,21-19-,24-22-,27-25-,43-28-. The summed E-state index contributed by atoms with van der Waals surface area (Å²) >= 11 is 0.